The summed E-state index contributed by atoms with van der Waals surface area (Å²) in [6, 6.07) is 3.59. The summed E-state index contributed by atoms with van der Waals surface area (Å²) >= 11 is 1.67. The monoisotopic (exact) mass is 304 g/mol. The minimum Gasteiger partial charge on any atom is -0.338 e. The number of amides is 2. The number of aryl methyl sites for hydroxylation is 1. The molecule has 2 amide bonds. The van der Waals surface area contributed by atoms with Crippen molar-refractivity contribution in [2.24, 2.45) is 0 Å². The predicted octanol–water partition coefficient (Wildman–Crippen LogP) is 2.70. The van der Waals surface area contributed by atoms with Crippen molar-refractivity contribution >= 4 is 17.4 Å². The number of carbonyl (C=O) groups is 1. The summed E-state index contributed by atoms with van der Waals surface area (Å²) in [5.74, 6) is 0. The molecule has 1 unspecified atom stereocenters. The van der Waals surface area contributed by atoms with Gasteiger partial charge in [0.15, 0.2) is 0 Å². The van der Waals surface area contributed by atoms with Crippen LogP contribution in [0, 0.1) is 0 Å². The first-order valence-electron chi connectivity index (χ1n) is 7.06. The quantitative estimate of drug-likeness (QED) is 0.862. The first-order valence-corrected chi connectivity index (χ1v) is 7.94. The van der Waals surface area contributed by atoms with Gasteiger partial charge in [-0.25, -0.2) is 9.78 Å². The molecule has 21 heavy (non-hydrogen) atoms. The van der Waals surface area contributed by atoms with Crippen LogP contribution in [0.5, 0.6) is 0 Å². The van der Waals surface area contributed by atoms with Gasteiger partial charge in [0.2, 0.25) is 0 Å². The number of urea groups is 1. The largest absolute Gasteiger partial charge is 0.338 e. The highest BCUT2D eigenvalue weighted by Crippen LogP contribution is 2.11. The van der Waals surface area contributed by atoms with E-state index in [9.17, 15) is 4.79 Å². The summed E-state index contributed by atoms with van der Waals surface area (Å²) in [4.78, 5) is 20.3. The zero-order valence-electron chi connectivity index (χ0n) is 12.3. The lowest BCUT2D eigenvalue weighted by atomic mass is 10.1. The molecule has 0 bridgehead atoms. The van der Waals surface area contributed by atoms with Crippen LogP contribution in [0.15, 0.2) is 29.9 Å². The van der Waals surface area contributed by atoms with Gasteiger partial charge in [-0.15, -0.1) is 11.3 Å². The number of hydrogen-bond acceptors (Lipinski definition) is 4. The maximum absolute atomic E-state index is 11.8. The zero-order chi connectivity index (χ0) is 15.1. The Morgan fingerprint density at radius 1 is 1.38 bits per heavy atom. The summed E-state index contributed by atoms with van der Waals surface area (Å²) in [6.07, 6.45) is 5.16. The van der Waals surface area contributed by atoms with Crippen molar-refractivity contribution < 1.29 is 4.79 Å². The smallest absolute Gasteiger partial charge is 0.315 e. The van der Waals surface area contributed by atoms with Crippen molar-refractivity contribution in [1.29, 1.82) is 0 Å². The molecule has 0 spiro atoms. The average molecular weight is 304 g/mol. The summed E-state index contributed by atoms with van der Waals surface area (Å²) in [6.45, 7) is 4.62. The maximum atomic E-state index is 11.8. The number of carbonyl (C=O) groups excluding carboxylic acids is 1. The van der Waals surface area contributed by atoms with Crippen molar-refractivity contribution in [3.63, 3.8) is 0 Å². The van der Waals surface area contributed by atoms with Gasteiger partial charge in [0.05, 0.1) is 16.7 Å². The summed E-state index contributed by atoms with van der Waals surface area (Å²) in [5, 5.41) is 8.95. The molecule has 2 aromatic rings. The van der Waals surface area contributed by atoms with Crippen LogP contribution in [-0.4, -0.2) is 22.5 Å². The Hall–Kier alpha value is -1.95. The normalized spacial score (nSPS) is 11.9. The van der Waals surface area contributed by atoms with Crippen LogP contribution < -0.4 is 10.6 Å². The fraction of sp³-hybridized carbons (Fsp3) is 0.400. The highest BCUT2D eigenvalue weighted by molar-refractivity contribution is 7.09. The standard InChI is InChI=1S/C15H20N4OS/c1-3-14-19-13(10-21-14)6-9-17-15(20)18-11(2)12-4-7-16-8-5-12/h4-5,7-8,10-11H,3,6,9H2,1-2H3,(H2,17,18,20). The van der Waals surface area contributed by atoms with Gasteiger partial charge in [-0.1, -0.05) is 6.92 Å². The Morgan fingerprint density at radius 2 is 2.14 bits per heavy atom. The molecule has 2 aromatic heterocycles. The molecule has 6 heteroatoms. The SMILES string of the molecule is CCc1nc(CCNC(=O)NC(C)c2ccncc2)cs1. The Balaban J connectivity index is 1.72. The molecule has 0 radical (unpaired) electrons. The molecule has 0 aliphatic heterocycles. The molecule has 0 saturated heterocycles. The van der Waals surface area contributed by atoms with Crippen LogP contribution >= 0.6 is 11.3 Å². The van der Waals surface area contributed by atoms with E-state index < -0.39 is 0 Å². The minimum atomic E-state index is -0.162. The molecular formula is C15H20N4OS. The van der Waals surface area contributed by atoms with Gasteiger partial charge in [0.25, 0.3) is 0 Å². The second-order valence-corrected chi connectivity index (χ2v) is 5.68. The van der Waals surface area contributed by atoms with E-state index in [0.717, 1.165) is 29.1 Å². The van der Waals surface area contributed by atoms with Gasteiger partial charge >= 0.3 is 6.03 Å². The van der Waals surface area contributed by atoms with E-state index in [1.165, 1.54) is 0 Å². The minimum absolute atomic E-state index is 0.0426. The molecule has 0 aliphatic carbocycles. The third-order valence-corrected chi connectivity index (χ3v) is 4.16. The van der Waals surface area contributed by atoms with Crippen molar-refractivity contribution in [3.8, 4) is 0 Å². The number of nitrogens with one attached hydrogen (secondary N) is 2. The van der Waals surface area contributed by atoms with Crippen molar-refractivity contribution in [2.45, 2.75) is 32.7 Å². The molecule has 0 aliphatic rings. The van der Waals surface area contributed by atoms with Gasteiger partial charge in [-0.2, -0.15) is 0 Å². The molecule has 5 nitrogen and oxygen atoms in total. The zero-order valence-corrected chi connectivity index (χ0v) is 13.1. The van der Waals surface area contributed by atoms with Gasteiger partial charge in [-0.05, 0) is 31.0 Å². The topological polar surface area (TPSA) is 66.9 Å². The second kappa shape index (κ2) is 7.73. The third-order valence-electron chi connectivity index (χ3n) is 3.12. The van der Waals surface area contributed by atoms with Crippen molar-refractivity contribution in [3.05, 3.63) is 46.2 Å². The molecule has 112 valence electrons. The fourth-order valence-corrected chi connectivity index (χ4v) is 2.69. The van der Waals surface area contributed by atoms with Crippen LogP contribution in [0.3, 0.4) is 0 Å². The van der Waals surface area contributed by atoms with E-state index in [1.807, 2.05) is 19.1 Å². The Morgan fingerprint density at radius 3 is 2.81 bits per heavy atom. The molecule has 2 rings (SSSR count). The number of pyridine rings is 1. The molecule has 0 saturated carbocycles. The van der Waals surface area contributed by atoms with E-state index >= 15 is 0 Å². The number of thiazole rings is 1. The van der Waals surface area contributed by atoms with Crippen LogP contribution in [0.4, 0.5) is 4.79 Å². The van der Waals surface area contributed by atoms with Crippen LogP contribution in [0.25, 0.3) is 0 Å². The molecule has 0 aromatic carbocycles. The van der Waals surface area contributed by atoms with E-state index in [4.69, 9.17) is 0 Å². The van der Waals surface area contributed by atoms with Gasteiger partial charge in [0, 0.05) is 30.7 Å². The Kier molecular flexibility index (Phi) is 5.68. The summed E-state index contributed by atoms with van der Waals surface area (Å²) in [5.41, 5.74) is 2.08. The van der Waals surface area contributed by atoms with Gasteiger partial charge in [-0.3, -0.25) is 4.98 Å². The first kappa shape index (κ1) is 15.4. The van der Waals surface area contributed by atoms with E-state index in [1.54, 1.807) is 23.7 Å². The van der Waals surface area contributed by atoms with Crippen LogP contribution in [0.1, 0.15) is 36.2 Å². The summed E-state index contributed by atoms with van der Waals surface area (Å²) < 4.78 is 0. The number of aromatic nitrogens is 2. The highest BCUT2D eigenvalue weighted by Gasteiger charge is 2.08. The third kappa shape index (κ3) is 4.82. The van der Waals surface area contributed by atoms with Crippen molar-refractivity contribution in [2.75, 3.05) is 6.54 Å². The second-order valence-electron chi connectivity index (χ2n) is 4.74. The lowest BCUT2D eigenvalue weighted by Crippen LogP contribution is -2.38. The van der Waals surface area contributed by atoms with E-state index in [2.05, 4.69) is 32.9 Å². The highest BCUT2D eigenvalue weighted by atomic mass is 32.1. The summed E-state index contributed by atoms with van der Waals surface area (Å²) in [7, 11) is 0. The maximum Gasteiger partial charge on any atom is 0.315 e. The van der Waals surface area contributed by atoms with Crippen molar-refractivity contribution in [1.82, 2.24) is 20.6 Å². The van der Waals surface area contributed by atoms with Crippen LogP contribution in [-0.2, 0) is 12.8 Å². The van der Waals surface area contributed by atoms with E-state index in [-0.39, 0.29) is 12.1 Å². The van der Waals surface area contributed by atoms with Crippen LogP contribution in [0.2, 0.25) is 0 Å². The number of hydrogen-bond donors (Lipinski definition) is 2. The fourth-order valence-electron chi connectivity index (χ4n) is 1.91. The lowest BCUT2D eigenvalue weighted by molar-refractivity contribution is 0.238. The number of rotatable bonds is 6. The van der Waals surface area contributed by atoms with Gasteiger partial charge in [0.1, 0.15) is 0 Å². The van der Waals surface area contributed by atoms with Gasteiger partial charge < -0.3 is 10.6 Å². The van der Waals surface area contributed by atoms with E-state index in [0.29, 0.717) is 6.54 Å². The Labute approximate surface area is 128 Å². The molecule has 0 fully saturated rings. The molecule has 2 heterocycles. The lowest BCUT2D eigenvalue weighted by Gasteiger charge is -2.14. The molecule has 1 atom stereocenters. The Bertz CT molecular complexity index is 570. The first-order chi connectivity index (χ1) is 10.2. The number of nitrogens with zero attached hydrogens (tertiary/aromatic N) is 2. The predicted molar refractivity (Wildman–Crippen MR) is 84.4 cm³/mol. The molecular weight excluding hydrogens is 284 g/mol. The molecule has 2 N–H and O–H groups in total. The average Bonchev–Trinajstić information content (AvgIpc) is 2.96.